The van der Waals surface area contributed by atoms with E-state index in [4.69, 9.17) is 23.2 Å². The van der Waals surface area contributed by atoms with Gasteiger partial charge < -0.3 is 10.2 Å². The number of likely N-dealkylation sites (tertiary alicyclic amines) is 1. The molecule has 0 radical (unpaired) electrons. The zero-order valence-corrected chi connectivity index (χ0v) is 14.7. The van der Waals surface area contributed by atoms with E-state index in [2.05, 4.69) is 36.5 Å². The average molecular weight is 357 g/mol. The minimum atomic E-state index is -1.04. The Bertz CT molecular complexity index is 538. The van der Waals surface area contributed by atoms with Crippen LogP contribution in [0, 0.1) is 6.92 Å². The molecule has 0 unspecified atom stereocenters. The first kappa shape index (κ1) is 18.1. The molecule has 1 aliphatic rings. The van der Waals surface area contributed by atoms with Crippen LogP contribution in [0.15, 0.2) is 24.3 Å². The number of rotatable bonds is 5. The summed E-state index contributed by atoms with van der Waals surface area (Å²) in [6, 6.07) is 8.31. The largest absolute Gasteiger partial charge is 0.351 e. The molecule has 2 rings (SSSR count). The molecular weight excluding hydrogens is 335 g/mol. The highest BCUT2D eigenvalue weighted by molar-refractivity contribution is 6.53. The third-order valence-corrected chi connectivity index (χ3v) is 4.54. The van der Waals surface area contributed by atoms with Gasteiger partial charge in [-0.15, -0.1) is 0 Å². The monoisotopic (exact) mass is 356 g/mol. The molecule has 0 aromatic heterocycles. The summed E-state index contributed by atoms with van der Waals surface area (Å²) in [6.45, 7) is 3.37. The molecular formula is C17H22Cl2N2O2. The molecule has 1 fully saturated rings. The summed E-state index contributed by atoms with van der Waals surface area (Å²) in [5.74, 6) is -0.194. The van der Waals surface area contributed by atoms with Gasteiger partial charge in [0.05, 0.1) is 0 Å². The van der Waals surface area contributed by atoms with Crippen molar-refractivity contribution >= 4 is 35.0 Å². The fourth-order valence-electron chi connectivity index (χ4n) is 2.70. The van der Waals surface area contributed by atoms with Crippen LogP contribution in [-0.4, -0.2) is 40.7 Å². The topological polar surface area (TPSA) is 49.4 Å². The molecule has 1 saturated heterocycles. The lowest BCUT2D eigenvalue weighted by Gasteiger charge is -2.32. The van der Waals surface area contributed by atoms with Gasteiger partial charge in [0.25, 0.3) is 5.91 Å². The maximum absolute atomic E-state index is 12.3. The van der Waals surface area contributed by atoms with E-state index in [1.807, 2.05) is 4.90 Å². The zero-order chi connectivity index (χ0) is 16.8. The van der Waals surface area contributed by atoms with E-state index in [0.717, 1.165) is 19.3 Å². The Morgan fingerprint density at radius 3 is 2.39 bits per heavy atom. The Morgan fingerprint density at radius 2 is 1.83 bits per heavy atom. The summed E-state index contributed by atoms with van der Waals surface area (Å²) in [7, 11) is 0. The number of aryl methyl sites for hydroxylation is 2. The first-order valence-corrected chi connectivity index (χ1v) is 8.75. The smallest absolute Gasteiger partial charge is 0.253 e. The zero-order valence-electron chi connectivity index (χ0n) is 13.2. The van der Waals surface area contributed by atoms with Crippen LogP contribution in [0.3, 0.4) is 0 Å². The van der Waals surface area contributed by atoms with Gasteiger partial charge in [-0.3, -0.25) is 9.59 Å². The number of piperidine rings is 1. The number of hydrogen-bond acceptors (Lipinski definition) is 2. The van der Waals surface area contributed by atoms with Crippen LogP contribution >= 0.6 is 23.2 Å². The van der Waals surface area contributed by atoms with Crippen molar-refractivity contribution in [3.05, 3.63) is 35.4 Å². The number of halogens is 2. The van der Waals surface area contributed by atoms with Crippen LogP contribution in [0.2, 0.25) is 0 Å². The van der Waals surface area contributed by atoms with Gasteiger partial charge in [-0.2, -0.15) is 0 Å². The first-order chi connectivity index (χ1) is 11.0. The molecule has 1 N–H and O–H groups in total. The number of benzene rings is 1. The quantitative estimate of drug-likeness (QED) is 0.824. The fraction of sp³-hybridized carbons (Fsp3) is 0.529. The van der Waals surface area contributed by atoms with Gasteiger partial charge in [0.1, 0.15) is 0 Å². The molecule has 1 aromatic rings. The molecule has 0 saturated carbocycles. The van der Waals surface area contributed by atoms with Gasteiger partial charge in [0, 0.05) is 25.6 Å². The van der Waals surface area contributed by atoms with E-state index in [0.29, 0.717) is 19.5 Å². The van der Waals surface area contributed by atoms with Crippen molar-refractivity contribution in [1.29, 1.82) is 0 Å². The molecule has 0 spiro atoms. The predicted octanol–water partition coefficient (Wildman–Crippen LogP) is 2.84. The third kappa shape index (κ3) is 5.70. The molecule has 126 valence electrons. The first-order valence-electron chi connectivity index (χ1n) is 7.87. The second-order valence-electron chi connectivity index (χ2n) is 5.95. The summed E-state index contributed by atoms with van der Waals surface area (Å²) >= 11 is 11.0. The Hall–Kier alpha value is -1.26. The van der Waals surface area contributed by atoms with Gasteiger partial charge in [-0.05, 0) is 31.7 Å². The van der Waals surface area contributed by atoms with Crippen molar-refractivity contribution in [3.63, 3.8) is 0 Å². The second kappa shape index (κ2) is 8.55. The van der Waals surface area contributed by atoms with E-state index in [1.165, 1.54) is 11.1 Å². The number of carbonyl (C=O) groups is 2. The van der Waals surface area contributed by atoms with Crippen molar-refractivity contribution in [2.45, 2.75) is 43.5 Å². The standard InChI is InChI=1S/C17H22Cl2N2O2/c1-12-2-4-13(5-3-12)6-7-15(22)21-10-8-14(9-11-21)20-17(23)16(18)19/h2-5,14,16H,6-11H2,1H3,(H,20,23). The molecule has 0 atom stereocenters. The molecule has 1 heterocycles. The molecule has 1 aromatic carbocycles. The SMILES string of the molecule is Cc1ccc(CCC(=O)N2CCC(NC(=O)C(Cl)Cl)CC2)cc1. The van der Waals surface area contributed by atoms with E-state index in [1.54, 1.807) is 0 Å². The minimum absolute atomic E-state index is 0.0450. The maximum atomic E-state index is 12.3. The van der Waals surface area contributed by atoms with Crippen LogP contribution in [0.4, 0.5) is 0 Å². The van der Waals surface area contributed by atoms with Gasteiger partial charge in [-0.25, -0.2) is 0 Å². The van der Waals surface area contributed by atoms with Gasteiger partial charge >= 0.3 is 0 Å². The summed E-state index contributed by atoms with van der Waals surface area (Å²) < 4.78 is 0. The van der Waals surface area contributed by atoms with E-state index >= 15 is 0 Å². The van der Waals surface area contributed by atoms with Crippen LogP contribution in [0.1, 0.15) is 30.4 Å². The summed E-state index contributed by atoms with van der Waals surface area (Å²) in [5, 5.41) is 2.80. The Balaban J connectivity index is 1.73. The molecule has 23 heavy (non-hydrogen) atoms. The van der Waals surface area contributed by atoms with Gasteiger partial charge in [0.15, 0.2) is 4.84 Å². The van der Waals surface area contributed by atoms with Gasteiger partial charge in [-0.1, -0.05) is 53.0 Å². The molecule has 6 heteroatoms. The predicted molar refractivity (Wildman–Crippen MR) is 92.7 cm³/mol. The summed E-state index contributed by atoms with van der Waals surface area (Å²) in [4.78, 5) is 24.6. The highest BCUT2D eigenvalue weighted by Gasteiger charge is 2.24. The number of alkyl halides is 2. The third-order valence-electron chi connectivity index (χ3n) is 4.14. The average Bonchev–Trinajstić information content (AvgIpc) is 2.54. The second-order valence-corrected chi connectivity index (χ2v) is 7.05. The molecule has 2 amide bonds. The van der Waals surface area contributed by atoms with Crippen molar-refractivity contribution in [3.8, 4) is 0 Å². The van der Waals surface area contributed by atoms with Crippen molar-refractivity contribution in [2.24, 2.45) is 0 Å². The summed E-state index contributed by atoms with van der Waals surface area (Å²) in [5.41, 5.74) is 2.40. The maximum Gasteiger partial charge on any atom is 0.253 e. The lowest BCUT2D eigenvalue weighted by atomic mass is 10.0. The van der Waals surface area contributed by atoms with Gasteiger partial charge in [0.2, 0.25) is 5.91 Å². The Kier molecular flexibility index (Phi) is 6.72. The number of amides is 2. The molecule has 0 aliphatic carbocycles. The Labute approximate surface area is 147 Å². The summed E-state index contributed by atoms with van der Waals surface area (Å²) in [6.07, 6.45) is 2.76. The molecule has 4 nitrogen and oxygen atoms in total. The Morgan fingerprint density at radius 1 is 1.22 bits per heavy atom. The van der Waals surface area contributed by atoms with Crippen LogP contribution in [-0.2, 0) is 16.0 Å². The minimum Gasteiger partial charge on any atom is -0.351 e. The van der Waals surface area contributed by atoms with E-state index < -0.39 is 4.84 Å². The number of hydrogen-bond donors (Lipinski definition) is 1. The fourth-order valence-corrected chi connectivity index (χ4v) is 2.83. The van der Waals surface area contributed by atoms with Crippen molar-refractivity contribution in [1.82, 2.24) is 10.2 Å². The number of nitrogens with one attached hydrogen (secondary N) is 1. The van der Waals surface area contributed by atoms with E-state index in [9.17, 15) is 9.59 Å². The normalized spacial score (nSPS) is 15.7. The van der Waals surface area contributed by atoms with E-state index in [-0.39, 0.29) is 17.9 Å². The molecule has 0 bridgehead atoms. The van der Waals surface area contributed by atoms with Crippen molar-refractivity contribution < 1.29 is 9.59 Å². The highest BCUT2D eigenvalue weighted by Crippen LogP contribution is 2.14. The van der Waals surface area contributed by atoms with Crippen LogP contribution < -0.4 is 5.32 Å². The highest BCUT2D eigenvalue weighted by atomic mass is 35.5. The lowest BCUT2D eigenvalue weighted by Crippen LogP contribution is -2.47. The van der Waals surface area contributed by atoms with Crippen molar-refractivity contribution in [2.75, 3.05) is 13.1 Å². The number of nitrogens with zero attached hydrogens (tertiary/aromatic N) is 1. The number of carbonyl (C=O) groups excluding carboxylic acids is 2. The van der Waals surface area contributed by atoms with Crippen LogP contribution in [0.5, 0.6) is 0 Å². The molecule has 1 aliphatic heterocycles. The van der Waals surface area contributed by atoms with Crippen LogP contribution in [0.25, 0.3) is 0 Å². The lowest BCUT2D eigenvalue weighted by molar-refractivity contribution is -0.132.